The summed E-state index contributed by atoms with van der Waals surface area (Å²) in [5.74, 6) is 0.140. The molecular weight excluding hydrogens is 433 g/mol. The van der Waals surface area contributed by atoms with Crippen LogP contribution in [0.3, 0.4) is 0 Å². The average molecular weight is 463 g/mol. The van der Waals surface area contributed by atoms with Crippen molar-refractivity contribution in [3.05, 3.63) is 52.3 Å². The summed E-state index contributed by atoms with van der Waals surface area (Å²) in [6, 6.07) is 5.47. The number of rotatable bonds is 4. The Labute approximate surface area is 191 Å². The fraction of sp³-hybridized carbons (Fsp3) is 0.542. The molecule has 4 rings (SSSR count). The van der Waals surface area contributed by atoms with E-state index in [0.29, 0.717) is 63.1 Å². The first-order valence-electron chi connectivity index (χ1n) is 11.4. The standard InChI is InChI=1S/C24H29F3N4O2/c1-15(2)12-21(32)31-11-8-20-19(14-31)22(29-28-20)23(33)30-9-6-16(7-10-30)17-4-3-5-18(13-17)24(25,26)27/h3-5,13,15-16H,6-12,14H2,1-2H3,(H,28,29). The zero-order chi connectivity index (χ0) is 23.8. The second kappa shape index (κ2) is 9.19. The SMILES string of the molecule is CC(C)CC(=O)N1CCc2[nH]nc(C(=O)N3CCC(c4cccc(C(F)(F)F)c4)CC3)c2C1. The molecule has 0 aliphatic carbocycles. The molecule has 0 unspecified atom stereocenters. The molecule has 2 aliphatic rings. The van der Waals surface area contributed by atoms with Gasteiger partial charge in [-0.05, 0) is 36.3 Å². The number of halogens is 3. The highest BCUT2D eigenvalue weighted by molar-refractivity contribution is 5.94. The van der Waals surface area contributed by atoms with Crippen LogP contribution in [0.15, 0.2) is 24.3 Å². The molecule has 0 bridgehead atoms. The fourth-order valence-electron chi connectivity index (χ4n) is 4.70. The molecule has 6 nitrogen and oxygen atoms in total. The number of amides is 2. The van der Waals surface area contributed by atoms with E-state index in [4.69, 9.17) is 0 Å². The van der Waals surface area contributed by atoms with E-state index in [0.717, 1.165) is 17.3 Å². The maximum Gasteiger partial charge on any atom is 0.416 e. The van der Waals surface area contributed by atoms with Crippen LogP contribution in [0.5, 0.6) is 0 Å². The number of benzene rings is 1. The zero-order valence-corrected chi connectivity index (χ0v) is 18.9. The van der Waals surface area contributed by atoms with E-state index in [1.165, 1.54) is 12.1 Å². The number of H-pyrrole nitrogens is 1. The molecule has 1 fully saturated rings. The van der Waals surface area contributed by atoms with E-state index in [2.05, 4.69) is 10.2 Å². The van der Waals surface area contributed by atoms with Crippen LogP contribution in [-0.4, -0.2) is 51.4 Å². The van der Waals surface area contributed by atoms with Crippen molar-refractivity contribution in [3.63, 3.8) is 0 Å². The van der Waals surface area contributed by atoms with Crippen LogP contribution in [-0.2, 0) is 23.9 Å². The first-order valence-corrected chi connectivity index (χ1v) is 11.4. The minimum atomic E-state index is -4.36. The van der Waals surface area contributed by atoms with Gasteiger partial charge in [0.15, 0.2) is 5.69 Å². The molecule has 0 radical (unpaired) electrons. The fourth-order valence-corrected chi connectivity index (χ4v) is 4.70. The second-order valence-electron chi connectivity index (χ2n) is 9.38. The summed E-state index contributed by atoms with van der Waals surface area (Å²) in [6.45, 7) is 5.90. The van der Waals surface area contributed by atoms with E-state index in [1.807, 2.05) is 13.8 Å². The van der Waals surface area contributed by atoms with E-state index >= 15 is 0 Å². The summed E-state index contributed by atoms with van der Waals surface area (Å²) in [5, 5.41) is 7.22. The van der Waals surface area contributed by atoms with Gasteiger partial charge in [0.25, 0.3) is 5.91 Å². The largest absolute Gasteiger partial charge is 0.416 e. The number of carbonyl (C=O) groups excluding carboxylic acids is 2. The number of aromatic amines is 1. The van der Waals surface area contributed by atoms with Crippen LogP contribution in [0, 0.1) is 5.92 Å². The molecule has 2 aliphatic heterocycles. The highest BCUT2D eigenvalue weighted by atomic mass is 19.4. The molecule has 0 atom stereocenters. The summed E-state index contributed by atoms with van der Waals surface area (Å²) in [4.78, 5) is 29.2. The van der Waals surface area contributed by atoms with Gasteiger partial charge < -0.3 is 9.80 Å². The Balaban J connectivity index is 1.41. The van der Waals surface area contributed by atoms with Crippen molar-refractivity contribution in [2.75, 3.05) is 19.6 Å². The Kier molecular flexibility index (Phi) is 6.50. The lowest BCUT2D eigenvalue weighted by Crippen LogP contribution is -2.40. The molecule has 0 spiro atoms. The number of fused-ring (bicyclic) bond motifs is 1. The summed E-state index contributed by atoms with van der Waals surface area (Å²) in [7, 11) is 0. The highest BCUT2D eigenvalue weighted by Crippen LogP contribution is 2.34. The third kappa shape index (κ3) is 5.07. The van der Waals surface area contributed by atoms with Crippen LogP contribution >= 0.6 is 0 Å². The van der Waals surface area contributed by atoms with Crippen molar-refractivity contribution in [1.29, 1.82) is 0 Å². The third-order valence-electron chi connectivity index (χ3n) is 6.54. The first-order chi connectivity index (χ1) is 15.6. The molecule has 33 heavy (non-hydrogen) atoms. The average Bonchev–Trinajstić information content (AvgIpc) is 3.21. The molecule has 3 heterocycles. The summed E-state index contributed by atoms with van der Waals surface area (Å²) in [6.07, 6.45) is -2.07. The third-order valence-corrected chi connectivity index (χ3v) is 6.54. The molecule has 1 aromatic carbocycles. The lowest BCUT2D eigenvalue weighted by atomic mass is 9.88. The number of alkyl halides is 3. The van der Waals surface area contributed by atoms with Gasteiger partial charge in [-0.2, -0.15) is 18.3 Å². The number of aromatic nitrogens is 2. The lowest BCUT2D eigenvalue weighted by molar-refractivity contribution is -0.137. The van der Waals surface area contributed by atoms with Gasteiger partial charge in [0.05, 0.1) is 5.56 Å². The van der Waals surface area contributed by atoms with Crippen LogP contribution in [0.2, 0.25) is 0 Å². The van der Waals surface area contributed by atoms with E-state index in [1.54, 1.807) is 15.9 Å². The van der Waals surface area contributed by atoms with Crippen molar-refractivity contribution >= 4 is 11.8 Å². The highest BCUT2D eigenvalue weighted by Gasteiger charge is 2.33. The Morgan fingerprint density at radius 1 is 1.15 bits per heavy atom. The van der Waals surface area contributed by atoms with Crippen LogP contribution in [0.4, 0.5) is 13.2 Å². The van der Waals surface area contributed by atoms with Gasteiger partial charge >= 0.3 is 6.18 Å². The van der Waals surface area contributed by atoms with E-state index in [9.17, 15) is 22.8 Å². The number of likely N-dealkylation sites (tertiary alicyclic amines) is 1. The minimum absolute atomic E-state index is 0.0198. The van der Waals surface area contributed by atoms with E-state index < -0.39 is 11.7 Å². The monoisotopic (exact) mass is 462 g/mol. The van der Waals surface area contributed by atoms with Gasteiger partial charge in [-0.15, -0.1) is 0 Å². The van der Waals surface area contributed by atoms with Crippen molar-refractivity contribution in [2.45, 2.75) is 58.2 Å². The van der Waals surface area contributed by atoms with Gasteiger partial charge in [-0.1, -0.05) is 32.0 Å². The number of piperidine rings is 1. The molecular formula is C24H29F3N4O2. The summed E-state index contributed by atoms with van der Waals surface area (Å²) >= 11 is 0. The lowest BCUT2D eigenvalue weighted by Gasteiger charge is -2.33. The molecule has 178 valence electrons. The van der Waals surface area contributed by atoms with Crippen LogP contribution < -0.4 is 0 Å². The summed E-state index contributed by atoms with van der Waals surface area (Å²) < 4.78 is 39.2. The van der Waals surface area contributed by atoms with Gasteiger partial charge in [0.2, 0.25) is 5.91 Å². The quantitative estimate of drug-likeness (QED) is 0.733. The molecule has 9 heteroatoms. The Morgan fingerprint density at radius 2 is 1.88 bits per heavy atom. The zero-order valence-electron chi connectivity index (χ0n) is 18.9. The van der Waals surface area contributed by atoms with Crippen molar-refractivity contribution in [1.82, 2.24) is 20.0 Å². The molecule has 2 amide bonds. The molecule has 2 aromatic rings. The Morgan fingerprint density at radius 3 is 2.55 bits per heavy atom. The topological polar surface area (TPSA) is 69.3 Å². The predicted octanol–water partition coefficient (Wildman–Crippen LogP) is 4.38. The van der Waals surface area contributed by atoms with Gasteiger partial charge in [-0.3, -0.25) is 14.7 Å². The molecule has 1 saturated heterocycles. The van der Waals surface area contributed by atoms with Gasteiger partial charge in [0, 0.05) is 50.3 Å². The second-order valence-corrected chi connectivity index (χ2v) is 9.38. The minimum Gasteiger partial charge on any atom is -0.338 e. The predicted molar refractivity (Wildman–Crippen MR) is 116 cm³/mol. The normalized spacial score (nSPS) is 17.4. The van der Waals surface area contributed by atoms with Crippen molar-refractivity contribution in [3.8, 4) is 0 Å². The van der Waals surface area contributed by atoms with Crippen LogP contribution in [0.25, 0.3) is 0 Å². The number of nitrogens with zero attached hydrogens (tertiary/aromatic N) is 3. The van der Waals surface area contributed by atoms with Gasteiger partial charge in [0.1, 0.15) is 0 Å². The molecule has 1 N–H and O–H groups in total. The van der Waals surface area contributed by atoms with Crippen LogP contribution in [0.1, 0.15) is 71.9 Å². The Bertz CT molecular complexity index is 1020. The smallest absolute Gasteiger partial charge is 0.338 e. The van der Waals surface area contributed by atoms with Crippen molar-refractivity contribution < 1.29 is 22.8 Å². The number of nitrogens with one attached hydrogen (secondary N) is 1. The Hall–Kier alpha value is -2.84. The maximum absolute atomic E-state index is 13.2. The summed E-state index contributed by atoms with van der Waals surface area (Å²) in [5.41, 5.74) is 2.05. The number of hydrogen-bond acceptors (Lipinski definition) is 3. The van der Waals surface area contributed by atoms with Crippen molar-refractivity contribution in [2.24, 2.45) is 5.92 Å². The maximum atomic E-state index is 13.2. The molecule has 0 saturated carbocycles. The van der Waals surface area contributed by atoms with Gasteiger partial charge in [-0.25, -0.2) is 0 Å². The van der Waals surface area contributed by atoms with E-state index in [-0.39, 0.29) is 23.7 Å². The number of hydrogen-bond donors (Lipinski definition) is 1. The molecule has 1 aromatic heterocycles. The first kappa shape index (κ1) is 23.3. The number of carbonyl (C=O) groups is 2.